The van der Waals surface area contributed by atoms with Crippen molar-refractivity contribution >= 4 is 11.9 Å². The Hall–Kier alpha value is -1.93. The molecule has 8 heteroatoms. The highest BCUT2D eigenvalue weighted by atomic mass is 16.5. The highest BCUT2D eigenvalue weighted by molar-refractivity contribution is 5.78. The van der Waals surface area contributed by atoms with Gasteiger partial charge in [-0.25, -0.2) is 4.98 Å². The van der Waals surface area contributed by atoms with Gasteiger partial charge in [-0.3, -0.25) is 19.5 Å². The Morgan fingerprint density at radius 2 is 2.12 bits per heavy atom. The zero-order valence-electron chi connectivity index (χ0n) is 14.2. The summed E-state index contributed by atoms with van der Waals surface area (Å²) in [5, 5.41) is 3.07. The van der Waals surface area contributed by atoms with Gasteiger partial charge in [0.2, 0.25) is 11.9 Å². The van der Waals surface area contributed by atoms with E-state index in [2.05, 4.69) is 20.2 Å². The van der Waals surface area contributed by atoms with Crippen molar-refractivity contribution in [3.8, 4) is 0 Å². The van der Waals surface area contributed by atoms with Crippen molar-refractivity contribution in [2.24, 2.45) is 0 Å². The first-order valence-electron chi connectivity index (χ1n) is 8.39. The number of nitrogens with zero attached hydrogens (tertiary/aromatic N) is 3. The number of carbonyl (C=O) groups excluding carboxylic acids is 1. The van der Waals surface area contributed by atoms with Gasteiger partial charge in [-0.15, -0.1) is 0 Å². The number of hydrogen-bond donors (Lipinski definition) is 2. The number of ether oxygens (including phenoxy) is 1. The molecule has 1 aromatic heterocycles. The van der Waals surface area contributed by atoms with E-state index in [1.807, 2.05) is 14.1 Å². The maximum atomic E-state index is 12.1. The number of anilines is 1. The van der Waals surface area contributed by atoms with Crippen molar-refractivity contribution in [2.75, 3.05) is 51.8 Å². The van der Waals surface area contributed by atoms with Gasteiger partial charge in [0.25, 0.3) is 5.56 Å². The van der Waals surface area contributed by atoms with Crippen molar-refractivity contribution in [3.63, 3.8) is 0 Å². The third kappa shape index (κ3) is 4.12. The molecule has 0 radical (unpaired) electrons. The SMILES string of the molecule is CN(C)c1nc(C2CC(NC(=O)CN3CCOCC3)C2)cc(=O)[nH]1. The van der Waals surface area contributed by atoms with Crippen LogP contribution < -0.4 is 15.8 Å². The summed E-state index contributed by atoms with van der Waals surface area (Å²) in [5.74, 6) is 0.866. The lowest BCUT2D eigenvalue weighted by Crippen LogP contribution is -2.49. The largest absolute Gasteiger partial charge is 0.379 e. The number of nitrogens with one attached hydrogen (secondary N) is 2. The average Bonchev–Trinajstić information content (AvgIpc) is 2.50. The zero-order chi connectivity index (χ0) is 17.1. The van der Waals surface area contributed by atoms with Crippen molar-refractivity contribution in [2.45, 2.75) is 24.8 Å². The average molecular weight is 335 g/mol. The Labute approximate surface area is 141 Å². The van der Waals surface area contributed by atoms with Crippen molar-refractivity contribution < 1.29 is 9.53 Å². The molecule has 1 aliphatic carbocycles. The Morgan fingerprint density at radius 1 is 1.42 bits per heavy atom. The highest BCUT2D eigenvalue weighted by Crippen LogP contribution is 2.35. The summed E-state index contributed by atoms with van der Waals surface area (Å²) in [5.41, 5.74) is 0.671. The molecular weight excluding hydrogens is 310 g/mol. The monoisotopic (exact) mass is 335 g/mol. The Balaban J connectivity index is 1.48. The van der Waals surface area contributed by atoms with Crippen LogP contribution in [0.15, 0.2) is 10.9 Å². The van der Waals surface area contributed by atoms with E-state index in [4.69, 9.17) is 4.74 Å². The summed E-state index contributed by atoms with van der Waals surface area (Å²) in [4.78, 5) is 34.9. The molecule has 2 N–H and O–H groups in total. The quantitative estimate of drug-likeness (QED) is 0.756. The number of aromatic nitrogens is 2. The Kier molecular flexibility index (Phi) is 5.15. The van der Waals surface area contributed by atoms with Gasteiger partial charge in [-0.2, -0.15) is 0 Å². The van der Waals surface area contributed by atoms with Crippen LogP contribution >= 0.6 is 0 Å². The number of rotatable bonds is 5. The van der Waals surface area contributed by atoms with E-state index in [0.717, 1.165) is 31.6 Å². The van der Waals surface area contributed by atoms with Crippen LogP contribution in [-0.2, 0) is 9.53 Å². The first-order valence-corrected chi connectivity index (χ1v) is 8.39. The zero-order valence-corrected chi connectivity index (χ0v) is 14.2. The molecule has 0 atom stereocenters. The molecule has 2 fully saturated rings. The fourth-order valence-corrected chi connectivity index (χ4v) is 3.10. The standard InChI is InChI=1S/C16H25N5O3/c1-20(2)16-18-13(9-14(22)19-16)11-7-12(8-11)17-15(23)10-21-3-5-24-6-4-21/h9,11-12H,3-8,10H2,1-2H3,(H,17,23)(H,18,19,22). The fraction of sp³-hybridized carbons (Fsp3) is 0.688. The predicted molar refractivity (Wildman–Crippen MR) is 90.3 cm³/mol. The molecule has 3 rings (SSSR count). The molecular formula is C16H25N5O3. The van der Waals surface area contributed by atoms with Gasteiger partial charge < -0.3 is 15.0 Å². The first-order chi connectivity index (χ1) is 11.5. The van der Waals surface area contributed by atoms with Crippen LogP contribution in [0, 0.1) is 0 Å². The summed E-state index contributed by atoms with van der Waals surface area (Å²) in [6.07, 6.45) is 1.66. The first kappa shape index (κ1) is 16.9. The maximum Gasteiger partial charge on any atom is 0.252 e. The number of H-pyrrole nitrogens is 1. The predicted octanol–water partition coefficient (Wildman–Crippen LogP) is -0.470. The molecule has 1 amide bonds. The van der Waals surface area contributed by atoms with Crippen molar-refractivity contribution in [3.05, 3.63) is 22.1 Å². The Bertz CT molecular complexity index is 633. The molecule has 0 spiro atoms. The van der Waals surface area contributed by atoms with E-state index in [1.54, 1.807) is 11.0 Å². The van der Waals surface area contributed by atoms with Crippen LogP contribution in [0.3, 0.4) is 0 Å². The van der Waals surface area contributed by atoms with Crippen LogP contribution in [0.5, 0.6) is 0 Å². The maximum absolute atomic E-state index is 12.1. The van der Waals surface area contributed by atoms with Gasteiger partial charge in [0.15, 0.2) is 0 Å². The number of morpholine rings is 1. The molecule has 0 bridgehead atoms. The van der Waals surface area contributed by atoms with E-state index in [-0.39, 0.29) is 23.4 Å². The lowest BCUT2D eigenvalue weighted by molar-refractivity contribution is -0.124. The van der Waals surface area contributed by atoms with E-state index in [1.165, 1.54) is 0 Å². The third-order valence-electron chi connectivity index (χ3n) is 4.56. The minimum Gasteiger partial charge on any atom is -0.379 e. The van der Waals surface area contributed by atoms with Gasteiger partial charge >= 0.3 is 0 Å². The van der Waals surface area contributed by atoms with E-state index in [9.17, 15) is 9.59 Å². The van der Waals surface area contributed by atoms with Crippen LogP contribution in [0.1, 0.15) is 24.5 Å². The van der Waals surface area contributed by atoms with Gasteiger partial charge in [0.1, 0.15) is 0 Å². The number of aromatic amines is 1. The van der Waals surface area contributed by atoms with Gasteiger partial charge in [0.05, 0.1) is 25.5 Å². The normalized spacial score (nSPS) is 24.2. The van der Waals surface area contributed by atoms with Crippen LogP contribution in [0.2, 0.25) is 0 Å². The smallest absolute Gasteiger partial charge is 0.252 e. The molecule has 1 aliphatic heterocycles. The summed E-state index contributed by atoms with van der Waals surface area (Å²) in [6, 6.07) is 1.73. The fourth-order valence-electron chi connectivity index (χ4n) is 3.10. The molecule has 1 aromatic rings. The summed E-state index contributed by atoms with van der Waals surface area (Å²) < 4.78 is 5.28. The van der Waals surface area contributed by atoms with Gasteiger partial charge in [-0.05, 0) is 12.8 Å². The number of hydrogen-bond acceptors (Lipinski definition) is 6. The molecule has 1 saturated carbocycles. The molecule has 0 aromatic carbocycles. The lowest BCUT2D eigenvalue weighted by atomic mass is 9.78. The molecule has 8 nitrogen and oxygen atoms in total. The number of carbonyl (C=O) groups is 1. The van der Waals surface area contributed by atoms with Crippen LogP contribution in [0.4, 0.5) is 5.95 Å². The Morgan fingerprint density at radius 3 is 2.79 bits per heavy atom. The molecule has 2 aliphatic rings. The van der Waals surface area contributed by atoms with Gasteiger partial charge in [-0.1, -0.05) is 0 Å². The van der Waals surface area contributed by atoms with E-state index in [0.29, 0.717) is 25.7 Å². The van der Waals surface area contributed by atoms with E-state index >= 15 is 0 Å². The van der Waals surface area contributed by atoms with Crippen LogP contribution in [0.25, 0.3) is 0 Å². The van der Waals surface area contributed by atoms with Gasteiger partial charge in [0, 0.05) is 45.2 Å². The molecule has 132 valence electrons. The molecule has 2 heterocycles. The van der Waals surface area contributed by atoms with Crippen molar-refractivity contribution in [1.29, 1.82) is 0 Å². The molecule has 0 unspecified atom stereocenters. The second kappa shape index (κ2) is 7.31. The highest BCUT2D eigenvalue weighted by Gasteiger charge is 2.33. The molecule has 24 heavy (non-hydrogen) atoms. The van der Waals surface area contributed by atoms with Crippen molar-refractivity contribution in [1.82, 2.24) is 20.2 Å². The lowest BCUT2D eigenvalue weighted by Gasteiger charge is -2.36. The van der Waals surface area contributed by atoms with Crippen LogP contribution in [-0.4, -0.2) is 73.8 Å². The second-order valence-electron chi connectivity index (χ2n) is 6.71. The minimum absolute atomic E-state index is 0.0631. The summed E-state index contributed by atoms with van der Waals surface area (Å²) in [7, 11) is 3.69. The summed E-state index contributed by atoms with van der Waals surface area (Å²) >= 11 is 0. The second-order valence-corrected chi connectivity index (χ2v) is 6.71. The molecule has 1 saturated heterocycles. The third-order valence-corrected chi connectivity index (χ3v) is 4.56. The topological polar surface area (TPSA) is 90.6 Å². The summed E-state index contributed by atoms with van der Waals surface area (Å²) in [6.45, 7) is 3.44. The van der Waals surface area contributed by atoms with E-state index < -0.39 is 0 Å². The minimum atomic E-state index is -0.136. The number of amides is 1.